The molecule has 0 spiro atoms. The van der Waals surface area contributed by atoms with Crippen LogP contribution < -0.4 is 0 Å². The molecule has 1 atom stereocenters. The molecule has 1 unspecified atom stereocenters. The van der Waals surface area contributed by atoms with Gasteiger partial charge in [-0.1, -0.05) is 18.2 Å². The average molecular weight is 354 g/mol. The number of piperazine rings is 1. The van der Waals surface area contributed by atoms with Crippen LogP contribution in [0.3, 0.4) is 0 Å². The number of ether oxygens (including phenoxy) is 1. The molecule has 0 saturated carbocycles. The molecule has 1 aromatic heterocycles. The van der Waals surface area contributed by atoms with Crippen molar-refractivity contribution in [3.63, 3.8) is 0 Å². The van der Waals surface area contributed by atoms with Crippen molar-refractivity contribution < 1.29 is 13.9 Å². The van der Waals surface area contributed by atoms with E-state index < -0.39 is 0 Å². The van der Waals surface area contributed by atoms with Gasteiger partial charge in [-0.2, -0.15) is 0 Å². The summed E-state index contributed by atoms with van der Waals surface area (Å²) in [4.78, 5) is 16.8. The Labute approximate surface area is 154 Å². The second-order valence-electron chi connectivity index (χ2n) is 7.09. The molecule has 0 radical (unpaired) electrons. The number of rotatable bonds is 4. The lowest BCUT2D eigenvalue weighted by Crippen LogP contribution is -2.48. The maximum absolute atomic E-state index is 12.5. The van der Waals surface area contributed by atoms with Gasteiger partial charge in [0, 0.05) is 38.3 Å². The van der Waals surface area contributed by atoms with Crippen LogP contribution in [0.5, 0.6) is 0 Å². The van der Waals surface area contributed by atoms with Crippen LogP contribution in [0.2, 0.25) is 0 Å². The molecule has 3 heterocycles. The van der Waals surface area contributed by atoms with E-state index >= 15 is 0 Å². The molecule has 0 bridgehead atoms. The van der Waals surface area contributed by atoms with E-state index in [0.717, 1.165) is 69.3 Å². The lowest BCUT2D eigenvalue weighted by atomic mass is 10.1. The molecular formula is C21H26N2O3. The standard InChI is InChI=1S/C21H26N2O3/c24-21(17-6-2-1-3-7-17)23-13-11-22(12-14-23)16-18-9-10-20(26-18)19-8-4-5-15-25-19/h1-3,6-7,9-10,19H,4-5,8,11-16H2. The summed E-state index contributed by atoms with van der Waals surface area (Å²) >= 11 is 0. The van der Waals surface area contributed by atoms with Crippen molar-refractivity contribution in [3.8, 4) is 0 Å². The summed E-state index contributed by atoms with van der Waals surface area (Å²) in [5, 5.41) is 0. The Bertz CT molecular complexity index is 714. The fraction of sp³-hybridized carbons (Fsp3) is 0.476. The zero-order valence-corrected chi connectivity index (χ0v) is 15.1. The molecule has 2 fully saturated rings. The molecule has 0 aliphatic carbocycles. The van der Waals surface area contributed by atoms with E-state index in [4.69, 9.17) is 9.15 Å². The Morgan fingerprint density at radius 1 is 1.00 bits per heavy atom. The van der Waals surface area contributed by atoms with Gasteiger partial charge in [0.2, 0.25) is 0 Å². The highest BCUT2D eigenvalue weighted by Crippen LogP contribution is 2.29. The number of hydrogen-bond donors (Lipinski definition) is 0. The third-order valence-electron chi connectivity index (χ3n) is 5.24. The first-order valence-electron chi connectivity index (χ1n) is 9.56. The van der Waals surface area contributed by atoms with Crippen LogP contribution in [0.1, 0.15) is 47.2 Å². The number of furan rings is 1. The first kappa shape index (κ1) is 17.3. The Morgan fingerprint density at radius 2 is 1.81 bits per heavy atom. The summed E-state index contributed by atoms with van der Waals surface area (Å²) in [5.41, 5.74) is 0.768. The van der Waals surface area contributed by atoms with Crippen molar-refractivity contribution in [2.45, 2.75) is 31.9 Å². The zero-order chi connectivity index (χ0) is 17.8. The predicted octanol–water partition coefficient (Wildman–Crippen LogP) is 3.48. The predicted molar refractivity (Wildman–Crippen MR) is 98.9 cm³/mol. The number of hydrogen-bond acceptors (Lipinski definition) is 4. The van der Waals surface area contributed by atoms with E-state index in [1.807, 2.05) is 35.2 Å². The van der Waals surface area contributed by atoms with Crippen molar-refractivity contribution in [2.24, 2.45) is 0 Å². The van der Waals surface area contributed by atoms with Crippen molar-refractivity contribution in [1.29, 1.82) is 0 Å². The number of carbonyl (C=O) groups excluding carboxylic acids is 1. The third kappa shape index (κ3) is 4.00. The first-order chi connectivity index (χ1) is 12.8. The molecule has 5 nitrogen and oxygen atoms in total. The molecule has 5 heteroatoms. The minimum atomic E-state index is 0.123. The maximum atomic E-state index is 12.5. The quantitative estimate of drug-likeness (QED) is 0.843. The largest absolute Gasteiger partial charge is 0.462 e. The first-order valence-corrected chi connectivity index (χ1v) is 9.56. The van der Waals surface area contributed by atoms with Crippen LogP contribution in [0.25, 0.3) is 0 Å². The second-order valence-corrected chi connectivity index (χ2v) is 7.09. The van der Waals surface area contributed by atoms with Gasteiger partial charge in [0.25, 0.3) is 5.91 Å². The summed E-state index contributed by atoms with van der Waals surface area (Å²) in [5.74, 6) is 2.06. The second kappa shape index (κ2) is 8.06. The summed E-state index contributed by atoms with van der Waals surface area (Å²) in [7, 11) is 0. The van der Waals surface area contributed by atoms with Gasteiger partial charge in [-0.25, -0.2) is 0 Å². The lowest BCUT2D eigenvalue weighted by Gasteiger charge is -2.34. The van der Waals surface area contributed by atoms with Gasteiger partial charge in [0.05, 0.1) is 6.54 Å². The Balaban J connectivity index is 1.29. The smallest absolute Gasteiger partial charge is 0.253 e. The molecule has 4 rings (SSSR count). The summed E-state index contributed by atoms with van der Waals surface area (Å²) in [6.45, 7) is 4.88. The van der Waals surface area contributed by atoms with Crippen molar-refractivity contribution in [3.05, 3.63) is 59.5 Å². The molecule has 1 aromatic carbocycles. The van der Waals surface area contributed by atoms with E-state index in [-0.39, 0.29) is 12.0 Å². The lowest BCUT2D eigenvalue weighted by molar-refractivity contribution is 0.000649. The summed E-state index contributed by atoms with van der Waals surface area (Å²) < 4.78 is 11.8. The minimum Gasteiger partial charge on any atom is -0.462 e. The van der Waals surface area contributed by atoms with Gasteiger partial charge in [0.15, 0.2) is 0 Å². The van der Waals surface area contributed by atoms with Crippen molar-refractivity contribution in [2.75, 3.05) is 32.8 Å². The Hall–Kier alpha value is -2.11. The minimum absolute atomic E-state index is 0.123. The number of benzene rings is 1. The Kier molecular flexibility index (Phi) is 5.37. The Morgan fingerprint density at radius 3 is 2.54 bits per heavy atom. The molecule has 2 aromatic rings. The number of carbonyl (C=O) groups is 1. The molecule has 2 saturated heterocycles. The fourth-order valence-corrected chi connectivity index (χ4v) is 3.71. The zero-order valence-electron chi connectivity index (χ0n) is 15.1. The van der Waals surface area contributed by atoms with Crippen molar-refractivity contribution in [1.82, 2.24) is 9.80 Å². The van der Waals surface area contributed by atoms with Crippen LogP contribution in [-0.2, 0) is 11.3 Å². The van der Waals surface area contributed by atoms with Gasteiger partial charge in [-0.05, 0) is 43.5 Å². The van der Waals surface area contributed by atoms with Crippen LogP contribution in [0.15, 0.2) is 46.9 Å². The van der Waals surface area contributed by atoms with E-state index in [1.165, 1.54) is 6.42 Å². The van der Waals surface area contributed by atoms with Gasteiger partial charge in [-0.3, -0.25) is 9.69 Å². The van der Waals surface area contributed by atoms with Gasteiger partial charge < -0.3 is 14.1 Å². The van der Waals surface area contributed by atoms with Crippen LogP contribution >= 0.6 is 0 Å². The average Bonchev–Trinajstić information content (AvgIpc) is 3.18. The fourth-order valence-electron chi connectivity index (χ4n) is 3.71. The molecule has 26 heavy (non-hydrogen) atoms. The van der Waals surface area contributed by atoms with Gasteiger partial charge >= 0.3 is 0 Å². The normalized spacial score (nSPS) is 21.7. The van der Waals surface area contributed by atoms with Gasteiger partial charge in [0.1, 0.15) is 17.6 Å². The highest BCUT2D eigenvalue weighted by Gasteiger charge is 2.24. The molecule has 138 valence electrons. The van der Waals surface area contributed by atoms with E-state index in [0.29, 0.717) is 0 Å². The highest BCUT2D eigenvalue weighted by atomic mass is 16.5. The van der Waals surface area contributed by atoms with E-state index in [1.54, 1.807) is 0 Å². The van der Waals surface area contributed by atoms with Crippen LogP contribution in [0.4, 0.5) is 0 Å². The summed E-state index contributed by atoms with van der Waals surface area (Å²) in [6, 6.07) is 13.6. The molecular weight excluding hydrogens is 328 g/mol. The molecule has 2 aliphatic rings. The third-order valence-corrected chi connectivity index (χ3v) is 5.24. The molecule has 1 amide bonds. The van der Waals surface area contributed by atoms with Crippen LogP contribution in [0, 0.1) is 0 Å². The number of nitrogens with zero attached hydrogens (tertiary/aromatic N) is 2. The molecule has 0 N–H and O–H groups in total. The van der Waals surface area contributed by atoms with Crippen molar-refractivity contribution >= 4 is 5.91 Å². The van der Waals surface area contributed by atoms with E-state index in [9.17, 15) is 4.79 Å². The van der Waals surface area contributed by atoms with E-state index in [2.05, 4.69) is 17.0 Å². The van der Waals surface area contributed by atoms with Gasteiger partial charge in [-0.15, -0.1) is 0 Å². The monoisotopic (exact) mass is 354 g/mol. The van der Waals surface area contributed by atoms with Crippen LogP contribution in [-0.4, -0.2) is 48.5 Å². The highest BCUT2D eigenvalue weighted by molar-refractivity contribution is 5.94. The molecule has 2 aliphatic heterocycles. The topological polar surface area (TPSA) is 45.9 Å². The maximum Gasteiger partial charge on any atom is 0.253 e. The summed E-state index contributed by atoms with van der Waals surface area (Å²) in [6.07, 6.45) is 3.53. The SMILES string of the molecule is O=C(c1ccccc1)N1CCN(Cc2ccc(C3CCCCO3)o2)CC1. The number of amides is 1.